The first-order valence-corrected chi connectivity index (χ1v) is 9.32. The van der Waals surface area contributed by atoms with Crippen molar-refractivity contribution in [1.82, 2.24) is 14.5 Å². The van der Waals surface area contributed by atoms with Crippen LogP contribution < -0.4 is 0 Å². The third-order valence-electron chi connectivity index (χ3n) is 5.67. The second kappa shape index (κ2) is 5.34. The highest BCUT2D eigenvalue weighted by atomic mass is 16.8. The van der Waals surface area contributed by atoms with Crippen molar-refractivity contribution in [3.05, 3.63) is 18.1 Å². The number of fused-ring (bicyclic) bond motifs is 1. The summed E-state index contributed by atoms with van der Waals surface area (Å²) in [4.78, 5) is 13.4. The van der Waals surface area contributed by atoms with Crippen LogP contribution in [-0.2, 0) is 20.8 Å². The van der Waals surface area contributed by atoms with Crippen molar-refractivity contribution in [3.63, 3.8) is 0 Å². The Kier molecular flexibility index (Phi) is 3.36. The van der Waals surface area contributed by atoms with Crippen molar-refractivity contribution in [2.24, 2.45) is 4.99 Å². The van der Waals surface area contributed by atoms with Gasteiger partial charge in [0.2, 0.25) is 0 Å². The molecule has 0 radical (unpaired) electrons. The van der Waals surface area contributed by atoms with E-state index in [0.717, 1.165) is 41.8 Å². The summed E-state index contributed by atoms with van der Waals surface area (Å²) in [6.07, 6.45) is 7.04. The Labute approximate surface area is 152 Å². The van der Waals surface area contributed by atoms with Crippen LogP contribution in [0.5, 0.6) is 0 Å². The van der Waals surface area contributed by atoms with E-state index in [1.54, 1.807) is 6.33 Å². The molecule has 0 aromatic carbocycles. The number of aryl methyl sites for hydroxylation is 1. The molecule has 0 unspecified atom stereocenters. The van der Waals surface area contributed by atoms with E-state index in [1.165, 1.54) is 0 Å². The smallest absolute Gasteiger partial charge is 0.179 e. The second-order valence-corrected chi connectivity index (χ2v) is 7.96. The molecule has 4 atom stereocenters. The Hall–Kier alpha value is -1.83. The van der Waals surface area contributed by atoms with Gasteiger partial charge in [0.15, 0.2) is 11.6 Å². The summed E-state index contributed by atoms with van der Waals surface area (Å²) in [7, 11) is 0. The summed E-state index contributed by atoms with van der Waals surface area (Å²) in [5.41, 5.74) is 2.34. The zero-order chi connectivity index (χ0) is 18.1. The quantitative estimate of drug-likeness (QED) is 0.826. The Morgan fingerprint density at radius 1 is 1.27 bits per heavy atom. The Morgan fingerprint density at radius 3 is 2.92 bits per heavy atom. The van der Waals surface area contributed by atoms with Gasteiger partial charge in [-0.15, -0.1) is 0 Å². The third-order valence-corrected chi connectivity index (χ3v) is 5.67. The predicted molar refractivity (Wildman–Crippen MR) is 96.6 cm³/mol. The van der Waals surface area contributed by atoms with E-state index in [9.17, 15) is 0 Å². The largest absolute Gasteiger partial charge is 0.364 e. The molecule has 3 aliphatic heterocycles. The fourth-order valence-corrected chi connectivity index (χ4v) is 4.71. The van der Waals surface area contributed by atoms with Crippen LogP contribution in [0.25, 0.3) is 11.0 Å². The van der Waals surface area contributed by atoms with Crippen molar-refractivity contribution >= 4 is 23.1 Å². The summed E-state index contributed by atoms with van der Waals surface area (Å²) in [6, 6.07) is 0. The molecule has 0 saturated carbocycles. The number of aromatic nitrogens is 3. The molecule has 0 N–H and O–H groups in total. The molecule has 0 spiro atoms. The van der Waals surface area contributed by atoms with Crippen molar-refractivity contribution in [2.75, 3.05) is 0 Å². The van der Waals surface area contributed by atoms with Gasteiger partial charge in [-0.1, -0.05) is 6.92 Å². The molecule has 5 heterocycles. The van der Waals surface area contributed by atoms with Crippen molar-refractivity contribution in [3.8, 4) is 0 Å². The molecule has 5 rings (SSSR count). The number of hydrogen-bond acceptors (Lipinski definition) is 6. The van der Waals surface area contributed by atoms with Crippen LogP contribution in [0.15, 0.2) is 17.5 Å². The van der Waals surface area contributed by atoms with E-state index in [2.05, 4.69) is 39.6 Å². The standard InChI is InChI=1S/C19H24N4O3/c1-5-12-16-19(4,26-18(2,3)25-16)15(24-12)11-9-23-8-6-7-20-17-14(23)13(11)21-10-22-17/h7,9-10,12,15-16H,5-6,8H2,1-4H3/t12-,15+,16-,19+/m1/s1. The normalized spacial score (nSPS) is 35.0. The highest BCUT2D eigenvalue weighted by Crippen LogP contribution is 2.54. The number of aliphatic imine (C=N–C) groups is 1. The maximum atomic E-state index is 6.46. The lowest BCUT2D eigenvalue weighted by atomic mass is 9.89. The predicted octanol–water partition coefficient (Wildman–Crippen LogP) is 3.30. The van der Waals surface area contributed by atoms with Gasteiger partial charge in [-0.2, -0.15) is 0 Å². The Balaban J connectivity index is 1.68. The minimum atomic E-state index is -0.622. The molecule has 0 amide bonds. The number of nitrogens with zero attached hydrogens (tertiary/aromatic N) is 4. The van der Waals surface area contributed by atoms with Gasteiger partial charge >= 0.3 is 0 Å². The van der Waals surface area contributed by atoms with Crippen LogP contribution in [0.2, 0.25) is 0 Å². The van der Waals surface area contributed by atoms with Gasteiger partial charge in [0, 0.05) is 30.9 Å². The fourth-order valence-electron chi connectivity index (χ4n) is 4.71. The van der Waals surface area contributed by atoms with Gasteiger partial charge in [-0.05, 0) is 27.2 Å². The number of hydrogen-bond donors (Lipinski definition) is 0. The fraction of sp³-hybridized carbons (Fsp3) is 0.632. The average Bonchev–Trinajstić information content (AvgIpc) is 3.08. The third kappa shape index (κ3) is 2.14. The first-order chi connectivity index (χ1) is 12.4. The molecule has 2 fully saturated rings. The van der Waals surface area contributed by atoms with Gasteiger partial charge in [0.1, 0.15) is 29.7 Å². The van der Waals surface area contributed by atoms with Crippen LogP contribution in [-0.4, -0.2) is 44.3 Å². The lowest BCUT2D eigenvalue weighted by Crippen LogP contribution is -2.39. The zero-order valence-corrected chi connectivity index (χ0v) is 15.6. The van der Waals surface area contributed by atoms with Gasteiger partial charge in [-0.25, -0.2) is 15.0 Å². The molecule has 7 nitrogen and oxygen atoms in total. The van der Waals surface area contributed by atoms with Crippen molar-refractivity contribution in [2.45, 2.75) is 76.8 Å². The van der Waals surface area contributed by atoms with E-state index in [0.29, 0.717) is 0 Å². The first-order valence-electron chi connectivity index (χ1n) is 9.32. The second-order valence-electron chi connectivity index (χ2n) is 7.96. The van der Waals surface area contributed by atoms with E-state index < -0.39 is 11.4 Å². The monoisotopic (exact) mass is 356 g/mol. The summed E-state index contributed by atoms with van der Waals surface area (Å²) >= 11 is 0. The number of rotatable bonds is 2. The van der Waals surface area contributed by atoms with E-state index in [-0.39, 0.29) is 18.3 Å². The molecule has 3 aliphatic rings. The van der Waals surface area contributed by atoms with Gasteiger partial charge in [0.25, 0.3) is 0 Å². The van der Waals surface area contributed by atoms with Crippen molar-refractivity contribution in [1.29, 1.82) is 0 Å². The summed E-state index contributed by atoms with van der Waals surface area (Å²) in [5.74, 6) is 0.0951. The molecular weight excluding hydrogens is 332 g/mol. The summed E-state index contributed by atoms with van der Waals surface area (Å²) in [6.45, 7) is 9.02. The van der Waals surface area contributed by atoms with Crippen LogP contribution in [0, 0.1) is 0 Å². The molecule has 2 saturated heterocycles. The molecule has 0 bridgehead atoms. The van der Waals surface area contributed by atoms with Crippen LogP contribution in [0.4, 0.5) is 5.82 Å². The van der Waals surface area contributed by atoms with Crippen molar-refractivity contribution < 1.29 is 14.2 Å². The lowest BCUT2D eigenvalue weighted by Gasteiger charge is -2.29. The minimum Gasteiger partial charge on any atom is -0.364 e. The highest BCUT2D eigenvalue weighted by Gasteiger charge is 2.63. The van der Waals surface area contributed by atoms with E-state index >= 15 is 0 Å². The van der Waals surface area contributed by atoms with Gasteiger partial charge in [-0.3, -0.25) is 0 Å². The molecule has 26 heavy (non-hydrogen) atoms. The lowest BCUT2D eigenvalue weighted by molar-refractivity contribution is -0.204. The molecule has 0 aliphatic carbocycles. The zero-order valence-electron chi connectivity index (χ0n) is 15.6. The molecule has 7 heteroatoms. The summed E-state index contributed by atoms with van der Waals surface area (Å²) in [5, 5.41) is 0. The highest BCUT2D eigenvalue weighted by molar-refractivity contribution is 5.90. The Bertz CT molecular complexity index is 906. The van der Waals surface area contributed by atoms with E-state index in [1.807, 2.05) is 20.1 Å². The topological polar surface area (TPSA) is 70.8 Å². The maximum absolute atomic E-state index is 6.46. The van der Waals surface area contributed by atoms with Gasteiger partial charge in [0.05, 0.1) is 11.6 Å². The number of ether oxygens (including phenoxy) is 3. The van der Waals surface area contributed by atoms with E-state index in [4.69, 9.17) is 14.2 Å². The first kappa shape index (κ1) is 16.4. The van der Waals surface area contributed by atoms with Gasteiger partial charge < -0.3 is 18.8 Å². The van der Waals surface area contributed by atoms with Crippen LogP contribution in [0.3, 0.4) is 0 Å². The average molecular weight is 356 g/mol. The maximum Gasteiger partial charge on any atom is 0.179 e. The minimum absolute atomic E-state index is 0.00240. The molecule has 2 aromatic rings. The molecule has 138 valence electrons. The van der Waals surface area contributed by atoms with Crippen LogP contribution in [0.1, 0.15) is 52.2 Å². The molecule has 2 aromatic heterocycles. The van der Waals surface area contributed by atoms with Crippen LogP contribution >= 0.6 is 0 Å². The SMILES string of the molecule is CC[C@H]1O[C@@H](c2cn3c4c(ncnc24)N=CCC3)[C@]2(C)OC(C)(C)O[C@H]12. The molecular formula is C19H24N4O3. The summed E-state index contributed by atoms with van der Waals surface area (Å²) < 4.78 is 21.3. The Morgan fingerprint density at radius 2 is 2.12 bits per heavy atom.